The molecule has 0 aliphatic carbocycles. The number of carbonyl (C=O) groups is 1. The number of benzene rings is 2. The molecule has 142 valence electrons. The number of aromatic nitrogens is 2. The summed E-state index contributed by atoms with van der Waals surface area (Å²) in [5, 5.41) is 7.90. The van der Waals surface area contributed by atoms with Gasteiger partial charge in [0.05, 0.1) is 11.4 Å². The van der Waals surface area contributed by atoms with Gasteiger partial charge >= 0.3 is 0 Å². The maximum atomic E-state index is 13.0. The molecule has 0 unspecified atom stereocenters. The summed E-state index contributed by atoms with van der Waals surface area (Å²) in [5.41, 5.74) is 5.98. The van der Waals surface area contributed by atoms with Crippen molar-refractivity contribution in [2.75, 3.05) is 12.1 Å². The Balaban J connectivity index is 1.54. The van der Waals surface area contributed by atoms with Crippen molar-refractivity contribution in [1.29, 1.82) is 0 Å². The monoisotopic (exact) mass is 393 g/mol. The van der Waals surface area contributed by atoms with Gasteiger partial charge in [-0.25, -0.2) is 4.68 Å². The number of rotatable bonds is 3. The summed E-state index contributed by atoms with van der Waals surface area (Å²) in [6, 6.07) is 11.4. The molecule has 2 aromatic carbocycles. The number of anilines is 1. The van der Waals surface area contributed by atoms with Crippen LogP contribution in [0.3, 0.4) is 0 Å². The number of amides is 1. The van der Waals surface area contributed by atoms with Crippen LogP contribution in [0.5, 0.6) is 11.5 Å². The molecule has 0 fully saturated rings. The lowest BCUT2D eigenvalue weighted by Gasteiger charge is -2.14. The minimum absolute atomic E-state index is 0.185. The molecular formula is C21H19N3O3S. The summed E-state index contributed by atoms with van der Waals surface area (Å²) in [7, 11) is 0. The molecule has 5 rings (SSSR count). The molecule has 7 heteroatoms. The summed E-state index contributed by atoms with van der Waals surface area (Å²) in [6.07, 6.45) is 0. The number of aryl methyl sites for hydroxylation is 1. The van der Waals surface area contributed by atoms with Gasteiger partial charge in [-0.1, -0.05) is 12.1 Å². The molecular weight excluding hydrogens is 374 g/mol. The molecule has 0 saturated heterocycles. The standard InChI is InChI=1S/C21H19N3O3S/c1-12-4-3-5-17(13(12)2)24-20(15-9-28-10-16(15)23-24)22-21(25)14-6-7-18-19(8-14)27-11-26-18/h3-8H,9-11H2,1-2H3,(H,22,25). The van der Waals surface area contributed by atoms with Gasteiger partial charge in [-0.2, -0.15) is 16.9 Å². The van der Waals surface area contributed by atoms with E-state index >= 15 is 0 Å². The van der Waals surface area contributed by atoms with Gasteiger partial charge in [-0.05, 0) is 49.2 Å². The van der Waals surface area contributed by atoms with Crippen molar-refractivity contribution in [3.05, 3.63) is 64.3 Å². The molecule has 0 radical (unpaired) electrons. The predicted octanol–water partition coefficient (Wildman–Crippen LogP) is 4.22. The number of fused-ring (bicyclic) bond motifs is 2. The summed E-state index contributed by atoms with van der Waals surface area (Å²) < 4.78 is 12.6. The van der Waals surface area contributed by atoms with Crippen LogP contribution in [0.15, 0.2) is 36.4 Å². The molecule has 0 atom stereocenters. The maximum absolute atomic E-state index is 13.0. The van der Waals surface area contributed by atoms with Crippen LogP contribution in [0.4, 0.5) is 5.82 Å². The fraction of sp³-hybridized carbons (Fsp3) is 0.238. The molecule has 1 amide bonds. The number of hydrogen-bond donors (Lipinski definition) is 1. The normalized spacial score (nSPS) is 14.2. The highest BCUT2D eigenvalue weighted by Crippen LogP contribution is 2.37. The second kappa shape index (κ2) is 6.60. The second-order valence-corrected chi connectivity index (χ2v) is 7.91. The van der Waals surface area contributed by atoms with Crippen LogP contribution in [0.2, 0.25) is 0 Å². The highest BCUT2D eigenvalue weighted by molar-refractivity contribution is 7.98. The van der Waals surface area contributed by atoms with Gasteiger partial charge in [0, 0.05) is 22.6 Å². The van der Waals surface area contributed by atoms with Crippen LogP contribution in [0.1, 0.15) is 32.7 Å². The molecule has 2 aliphatic heterocycles. The first kappa shape index (κ1) is 17.2. The van der Waals surface area contributed by atoms with Crippen LogP contribution in [-0.4, -0.2) is 22.5 Å². The third-order valence-electron chi connectivity index (χ3n) is 5.22. The fourth-order valence-corrected chi connectivity index (χ4v) is 4.53. The van der Waals surface area contributed by atoms with E-state index in [1.807, 2.05) is 28.6 Å². The summed E-state index contributed by atoms with van der Waals surface area (Å²) in [5.74, 6) is 3.52. The van der Waals surface area contributed by atoms with Gasteiger partial charge in [0.25, 0.3) is 5.91 Å². The van der Waals surface area contributed by atoms with E-state index in [0.717, 1.165) is 39.8 Å². The van der Waals surface area contributed by atoms with Crippen molar-refractivity contribution in [2.45, 2.75) is 25.4 Å². The van der Waals surface area contributed by atoms with E-state index in [-0.39, 0.29) is 12.7 Å². The first-order chi connectivity index (χ1) is 13.6. The molecule has 6 nitrogen and oxygen atoms in total. The molecule has 1 N–H and O–H groups in total. The van der Waals surface area contributed by atoms with Crippen LogP contribution in [-0.2, 0) is 11.5 Å². The smallest absolute Gasteiger partial charge is 0.256 e. The van der Waals surface area contributed by atoms with Gasteiger partial charge in [0.15, 0.2) is 11.5 Å². The van der Waals surface area contributed by atoms with E-state index in [0.29, 0.717) is 17.1 Å². The lowest BCUT2D eigenvalue weighted by molar-refractivity contribution is 0.102. The molecule has 0 bridgehead atoms. The van der Waals surface area contributed by atoms with Crippen molar-refractivity contribution in [2.24, 2.45) is 0 Å². The van der Waals surface area contributed by atoms with Gasteiger partial charge in [0.2, 0.25) is 6.79 Å². The molecule has 3 aromatic rings. The SMILES string of the molecule is Cc1cccc(-n2nc3c(c2NC(=O)c2ccc4c(c2)OCO4)CSC3)c1C. The van der Waals surface area contributed by atoms with Gasteiger partial charge < -0.3 is 14.8 Å². The van der Waals surface area contributed by atoms with E-state index < -0.39 is 0 Å². The average molecular weight is 393 g/mol. The molecule has 2 aliphatic rings. The minimum atomic E-state index is -0.190. The summed E-state index contributed by atoms with van der Waals surface area (Å²) in [4.78, 5) is 13.0. The maximum Gasteiger partial charge on any atom is 0.256 e. The Bertz CT molecular complexity index is 1110. The Morgan fingerprint density at radius 1 is 1.14 bits per heavy atom. The topological polar surface area (TPSA) is 65.4 Å². The lowest BCUT2D eigenvalue weighted by Crippen LogP contribution is -2.16. The van der Waals surface area contributed by atoms with Crippen LogP contribution >= 0.6 is 11.8 Å². The van der Waals surface area contributed by atoms with Crippen molar-refractivity contribution in [3.63, 3.8) is 0 Å². The third-order valence-corrected chi connectivity index (χ3v) is 6.19. The Labute approximate surface area is 166 Å². The molecule has 3 heterocycles. The first-order valence-electron chi connectivity index (χ1n) is 9.08. The molecule has 28 heavy (non-hydrogen) atoms. The van der Waals surface area contributed by atoms with Crippen LogP contribution in [0.25, 0.3) is 5.69 Å². The predicted molar refractivity (Wildman–Crippen MR) is 109 cm³/mol. The highest BCUT2D eigenvalue weighted by Gasteiger charge is 2.26. The fourth-order valence-electron chi connectivity index (χ4n) is 3.50. The third kappa shape index (κ3) is 2.74. The summed E-state index contributed by atoms with van der Waals surface area (Å²) >= 11 is 1.81. The Morgan fingerprint density at radius 3 is 2.89 bits per heavy atom. The largest absolute Gasteiger partial charge is 0.454 e. The van der Waals surface area contributed by atoms with Crippen molar-refractivity contribution in [3.8, 4) is 17.2 Å². The zero-order valence-corrected chi connectivity index (χ0v) is 16.4. The lowest BCUT2D eigenvalue weighted by atomic mass is 10.1. The molecule has 0 spiro atoms. The molecule has 0 saturated carbocycles. The number of carbonyl (C=O) groups excluding carboxylic acids is 1. The van der Waals surface area contributed by atoms with E-state index in [9.17, 15) is 4.79 Å². The van der Waals surface area contributed by atoms with E-state index in [2.05, 4.69) is 25.2 Å². The highest BCUT2D eigenvalue weighted by atomic mass is 32.2. The Hall–Kier alpha value is -2.93. The van der Waals surface area contributed by atoms with Crippen LogP contribution < -0.4 is 14.8 Å². The van der Waals surface area contributed by atoms with Crippen molar-refractivity contribution < 1.29 is 14.3 Å². The van der Waals surface area contributed by atoms with Gasteiger partial charge in [-0.3, -0.25) is 4.79 Å². The van der Waals surface area contributed by atoms with Crippen molar-refractivity contribution in [1.82, 2.24) is 9.78 Å². The number of nitrogens with zero attached hydrogens (tertiary/aromatic N) is 2. The number of nitrogens with one attached hydrogen (secondary N) is 1. The first-order valence-corrected chi connectivity index (χ1v) is 10.2. The quantitative estimate of drug-likeness (QED) is 0.722. The van der Waals surface area contributed by atoms with E-state index in [4.69, 9.17) is 14.6 Å². The van der Waals surface area contributed by atoms with Gasteiger partial charge in [0.1, 0.15) is 5.82 Å². The van der Waals surface area contributed by atoms with Crippen LogP contribution in [0, 0.1) is 13.8 Å². The Kier molecular flexibility index (Phi) is 4.05. The summed E-state index contributed by atoms with van der Waals surface area (Å²) in [6.45, 7) is 4.34. The number of ether oxygens (including phenoxy) is 2. The average Bonchev–Trinajstić information content (AvgIpc) is 3.40. The Morgan fingerprint density at radius 2 is 2.00 bits per heavy atom. The zero-order chi connectivity index (χ0) is 19.3. The number of hydrogen-bond acceptors (Lipinski definition) is 5. The van der Waals surface area contributed by atoms with Gasteiger partial charge in [-0.15, -0.1) is 0 Å². The zero-order valence-electron chi connectivity index (χ0n) is 15.6. The van der Waals surface area contributed by atoms with E-state index in [1.54, 1.807) is 18.2 Å². The number of thioether (sulfide) groups is 1. The second-order valence-electron chi connectivity index (χ2n) is 6.92. The minimum Gasteiger partial charge on any atom is -0.454 e. The van der Waals surface area contributed by atoms with Crippen molar-refractivity contribution >= 4 is 23.5 Å². The van der Waals surface area contributed by atoms with E-state index in [1.165, 1.54) is 5.56 Å². The molecule has 1 aromatic heterocycles.